The van der Waals surface area contributed by atoms with E-state index in [9.17, 15) is 34.1 Å². The minimum atomic E-state index is -1.09. The van der Waals surface area contributed by atoms with Crippen LogP contribution in [0, 0.1) is 10.1 Å². The Hall–Kier alpha value is -4.30. The van der Waals surface area contributed by atoms with E-state index in [2.05, 4.69) is 5.32 Å². The van der Waals surface area contributed by atoms with Crippen LogP contribution >= 0.6 is 11.8 Å². The van der Waals surface area contributed by atoms with Crippen molar-refractivity contribution in [3.63, 3.8) is 0 Å². The number of ether oxygens (including phenoxy) is 2. The van der Waals surface area contributed by atoms with Crippen molar-refractivity contribution in [2.45, 2.75) is 63.8 Å². The molecule has 44 heavy (non-hydrogen) atoms. The molecule has 3 N–H and O–H groups in total. The maximum atomic E-state index is 13.1. The van der Waals surface area contributed by atoms with Crippen LogP contribution in [-0.4, -0.2) is 65.0 Å². The summed E-state index contributed by atoms with van der Waals surface area (Å²) >= 11 is 1.07. The number of methoxy groups -OCH3 is 1. The van der Waals surface area contributed by atoms with Crippen molar-refractivity contribution in [3.8, 4) is 11.5 Å². The summed E-state index contributed by atoms with van der Waals surface area (Å²) in [7, 11) is 1.38. The lowest BCUT2D eigenvalue weighted by Crippen LogP contribution is -2.43. The molecule has 1 saturated heterocycles. The van der Waals surface area contributed by atoms with Crippen LogP contribution in [0.3, 0.4) is 0 Å². The molecule has 1 aliphatic rings. The monoisotopic (exact) mass is 628 g/mol. The Bertz CT molecular complexity index is 1450. The van der Waals surface area contributed by atoms with E-state index in [-0.39, 0.29) is 59.5 Å². The smallest absolute Gasteiger partial charge is 0.278 e. The molecule has 1 heterocycles. The predicted molar refractivity (Wildman–Crippen MR) is 164 cm³/mol. The zero-order chi connectivity index (χ0) is 32.6. The van der Waals surface area contributed by atoms with Crippen LogP contribution < -0.4 is 25.4 Å². The topological polar surface area (TPSA) is 188 Å². The predicted octanol–water partition coefficient (Wildman–Crippen LogP) is 3.51. The lowest BCUT2D eigenvalue weighted by molar-refractivity contribution is -0.385. The number of ketones is 2. The molecule has 2 aromatic carbocycles. The van der Waals surface area contributed by atoms with Crippen molar-refractivity contribution in [2.24, 2.45) is 5.73 Å². The SMILES string of the molecule is CCC(=O)c1cccc(N2C(=O)CC(SCC(N)C(=O)NC(C)c3cc(OC)c(OCCCC(C)=O)cc3[N+](=O)[O-])C2=O)c1. The van der Waals surface area contributed by atoms with Gasteiger partial charge in [-0.25, -0.2) is 4.90 Å². The molecule has 0 radical (unpaired) electrons. The number of carbonyl (C=O) groups is 5. The van der Waals surface area contributed by atoms with Crippen molar-refractivity contribution < 1.29 is 38.4 Å². The lowest BCUT2D eigenvalue weighted by Gasteiger charge is -2.20. The first-order chi connectivity index (χ1) is 20.9. The van der Waals surface area contributed by atoms with E-state index in [4.69, 9.17) is 15.2 Å². The highest BCUT2D eigenvalue weighted by molar-refractivity contribution is 8.00. The van der Waals surface area contributed by atoms with Crippen molar-refractivity contribution in [1.29, 1.82) is 0 Å². The van der Waals surface area contributed by atoms with Crippen molar-refractivity contribution in [2.75, 3.05) is 24.4 Å². The number of carbonyl (C=O) groups excluding carboxylic acids is 5. The maximum absolute atomic E-state index is 13.1. The molecule has 3 atom stereocenters. The van der Waals surface area contributed by atoms with Crippen LogP contribution in [0.2, 0.25) is 0 Å². The number of nitrogens with zero attached hydrogens (tertiary/aromatic N) is 2. The molecule has 0 aromatic heterocycles. The van der Waals surface area contributed by atoms with Crippen LogP contribution in [0.4, 0.5) is 11.4 Å². The minimum Gasteiger partial charge on any atom is -0.493 e. The van der Waals surface area contributed by atoms with Gasteiger partial charge in [-0.2, -0.15) is 0 Å². The number of nitro benzene ring substituents is 1. The van der Waals surface area contributed by atoms with Crippen LogP contribution in [0.1, 0.15) is 68.4 Å². The summed E-state index contributed by atoms with van der Waals surface area (Å²) in [5.74, 6) is -1.26. The van der Waals surface area contributed by atoms with Gasteiger partial charge in [0.15, 0.2) is 17.3 Å². The van der Waals surface area contributed by atoms with E-state index in [1.54, 1.807) is 32.0 Å². The fraction of sp³-hybridized carbons (Fsp3) is 0.433. The second-order valence-corrected chi connectivity index (χ2v) is 11.5. The van der Waals surface area contributed by atoms with Gasteiger partial charge in [0.2, 0.25) is 17.7 Å². The molecular weight excluding hydrogens is 592 g/mol. The molecule has 0 aliphatic carbocycles. The summed E-state index contributed by atoms with van der Waals surface area (Å²) in [5.41, 5.74) is 6.67. The maximum Gasteiger partial charge on any atom is 0.278 e. The number of Topliss-reactive ketones (excluding diaryl/α,β-unsaturated/α-hetero) is 2. The quantitative estimate of drug-likeness (QED) is 0.0910. The normalized spacial score (nSPS) is 15.9. The average molecular weight is 629 g/mol. The summed E-state index contributed by atoms with van der Waals surface area (Å²) in [6.07, 6.45) is 0.937. The second kappa shape index (κ2) is 15.4. The molecule has 1 fully saturated rings. The summed E-state index contributed by atoms with van der Waals surface area (Å²) in [5, 5.41) is 13.8. The lowest BCUT2D eigenvalue weighted by atomic mass is 10.0. The molecule has 3 unspecified atom stereocenters. The van der Waals surface area contributed by atoms with E-state index in [0.717, 1.165) is 16.7 Å². The molecule has 236 valence electrons. The van der Waals surface area contributed by atoms with Gasteiger partial charge in [0.05, 0.1) is 53.3 Å². The van der Waals surface area contributed by atoms with E-state index < -0.39 is 40.0 Å². The second-order valence-electron chi connectivity index (χ2n) is 10.2. The third kappa shape index (κ3) is 8.41. The number of rotatable bonds is 16. The number of benzene rings is 2. The highest BCUT2D eigenvalue weighted by atomic mass is 32.2. The van der Waals surface area contributed by atoms with E-state index in [1.165, 1.54) is 32.2 Å². The number of hydrogen-bond acceptors (Lipinski definition) is 11. The third-order valence-corrected chi connectivity index (χ3v) is 8.25. The Morgan fingerprint density at radius 1 is 1.20 bits per heavy atom. The van der Waals surface area contributed by atoms with Gasteiger partial charge in [-0.15, -0.1) is 11.8 Å². The number of thioether (sulfide) groups is 1. The summed E-state index contributed by atoms with van der Waals surface area (Å²) in [4.78, 5) is 74.3. The molecule has 0 bridgehead atoms. The Kier molecular flexibility index (Phi) is 12.0. The number of hydrogen-bond donors (Lipinski definition) is 2. The Morgan fingerprint density at radius 2 is 1.93 bits per heavy atom. The van der Waals surface area contributed by atoms with Gasteiger partial charge in [-0.1, -0.05) is 19.1 Å². The molecule has 3 amide bonds. The first-order valence-electron chi connectivity index (χ1n) is 14.0. The molecule has 2 aromatic rings. The van der Waals surface area contributed by atoms with E-state index in [0.29, 0.717) is 24.1 Å². The fourth-order valence-corrected chi connectivity index (χ4v) is 5.67. The Labute approximate surface area is 259 Å². The molecule has 13 nitrogen and oxygen atoms in total. The van der Waals surface area contributed by atoms with Gasteiger partial charge in [0, 0.05) is 30.6 Å². The number of nitrogens with one attached hydrogen (secondary N) is 1. The summed E-state index contributed by atoms with van der Waals surface area (Å²) < 4.78 is 11.0. The highest BCUT2D eigenvalue weighted by Gasteiger charge is 2.40. The van der Waals surface area contributed by atoms with Crippen molar-refractivity contribution >= 4 is 52.4 Å². The van der Waals surface area contributed by atoms with Crippen molar-refractivity contribution in [1.82, 2.24) is 5.32 Å². The van der Waals surface area contributed by atoms with Crippen LogP contribution in [0.5, 0.6) is 11.5 Å². The molecule has 3 rings (SSSR count). The minimum absolute atomic E-state index is 0.000184. The third-order valence-electron chi connectivity index (χ3n) is 6.93. The fourth-order valence-electron chi connectivity index (χ4n) is 4.57. The molecule has 14 heteroatoms. The van der Waals surface area contributed by atoms with Gasteiger partial charge >= 0.3 is 0 Å². The van der Waals surface area contributed by atoms with Crippen LogP contribution in [-0.2, 0) is 19.2 Å². The van der Waals surface area contributed by atoms with Gasteiger partial charge in [0.25, 0.3) is 5.69 Å². The first kappa shape index (κ1) is 34.2. The van der Waals surface area contributed by atoms with Gasteiger partial charge in [0.1, 0.15) is 5.78 Å². The molecule has 1 aliphatic heterocycles. The number of nitro groups is 1. The molecular formula is C30H36N4O9S. The van der Waals surface area contributed by atoms with Gasteiger partial charge in [-0.05, 0) is 38.5 Å². The summed E-state index contributed by atoms with van der Waals surface area (Å²) in [6, 6.07) is 7.01. The van der Waals surface area contributed by atoms with Gasteiger partial charge in [-0.3, -0.25) is 29.3 Å². The largest absolute Gasteiger partial charge is 0.493 e. The first-order valence-corrected chi connectivity index (χ1v) is 15.1. The summed E-state index contributed by atoms with van der Waals surface area (Å²) in [6.45, 7) is 4.89. The molecule has 0 saturated carbocycles. The van der Waals surface area contributed by atoms with Crippen LogP contribution in [0.25, 0.3) is 0 Å². The number of anilines is 1. The van der Waals surface area contributed by atoms with Crippen molar-refractivity contribution in [3.05, 3.63) is 57.6 Å². The van der Waals surface area contributed by atoms with Gasteiger partial charge < -0.3 is 25.3 Å². The Morgan fingerprint density at radius 3 is 2.57 bits per heavy atom. The zero-order valence-electron chi connectivity index (χ0n) is 25.0. The standard InChI is InChI=1S/C30H36N4O9S/c1-5-24(36)19-9-6-10-20(12-19)33-28(37)15-27(30(33)39)44-16-22(31)29(38)32-18(3)21-13-25(42-4)26(14-23(21)34(40)41)43-11-7-8-17(2)35/h6,9-10,12-14,18,22,27H,5,7-8,11,15-16,31H2,1-4H3,(H,32,38). The van der Waals surface area contributed by atoms with E-state index >= 15 is 0 Å². The van der Waals surface area contributed by atoms with Crippen LogP contribution in [0.15, 0.2) is 36.4 Å². The number of amides is 3. The van der Waals surface area contributed by atoms with E-state index in [1.807, 2.05) is 0 Å². The highest BCUT2D eigenvalue weighted by Crippen LogP contribution is 2.38. The molecule has 0 spiro atoms. The zero-order valence-corrected chi connectivity index (χ0v) is 25.8. The average Bonchev–Trinajstić information content (AvgIpc) is 3.28. The number of nitrogens with two attached hydrogens (primary N) is 1. The Balaban J connectivity index is 1.64. The number of imide groups is 1.